The van der Waals surface area contributed by atoms with Crippen LogP contribution in [0.4, 0.5) is 4.39 Å². The van der Waals surface area contributed by atoms with Gasteiger partial charge in [0.05, 0.1) is 0 Å². The van der Waals surface area contributed by atoms with E-state index in [4.69, 9.17) is 0 Å². The highest BCUT2D eigenvalue weighted by atomic mass is 19.1. The Labute approximate surface area is 127 Å². The van der Waals surface area contributed by atoms with Crippen LogP contribution in [0, 0.1) is 28.5 Å². The van der Waals surface area contributed by atoms with Crippen LogP contribution < -0.4 is 5.32 Å². The predicted octanol–water partition coefficient (Wildman–Crippen LogP) is 4.69. The first-order valence-electron chi connectivity index (χ1n) is 8.45. The summed E-state index contributed by atoms with van der Waals surface area (Å²) < 4.78 is 13.3. The Morgan fingerprint density at radius 2 is 1.71 bits per heavy atom. The van der Waals surface area contributed by atoms with E-state index in [1.165, 1.54) is 44.1 Å². The second-order valence-corrected chi connectivity index (χ2v) is 8.41. The third kappa shape index (κ3) is 2.14. The van der Waals surface area contributed by atoms with E-state index in [2.05, 4.69) is 19.3 Å². The van der Waals surface area contributed by atoms with Crippen molar-refractivity contribution in [2.24, 2.45) is 22.7 Å². The maximum atomic E-state index is 13.3. The number of halogens is 1. The molecule has 3 atom stereocenters. The van der Waals surface area contributed by atoms with Crippen LogP contribution in [0.25, 0.3) is 0 Å². The fraction of sp³-hybridized carbons (Fsp3) is 0.684. The molecule has 2 heteroatoms. The molecule has 4 aliphatic carbocycles. The minimum absolute atomic E-state index is 0.133. The van der Waals surface area contributed by atoms with Crippen LogP contribution in [-0.2, 0) is 0 Å². The average Bonchev–Trinajstić information content (AvgIpc) is 2.38. The van der Waals surface area contributed by atoms with E-state index in [-0.39, 0.29) is 5.82 Å². The van der Waals surface area contributed by atoms with Crippen LogP contribution in [0.5, 0.6) is 0 Å². The zero-order valence-corrected chi connectivity index (χ0v) is 13.2. The summed E-state index contributed by atoms with van der Waals surface area (Å²) >= 11 is 0. The standard InChI is InChI=1S/C19H26FN/c1-18-8-13-7-14(9-18)11-19(10-13,12-18)17(21-2)15-3-5-16(20)6-4-15/h3-6,13-14,17,21H,7-12H2,1-2H3. The Kier molecular flexibility index (Phi) is 2.98. The molecule has 114 valence electrons. The third-order valence-electron chi connectivity index (χ3n) is 6.50. The zero-order valence-electron chi connectivity index (χ0n) is 13.2. The lowest BCUT2D eigenvalue weighted by Crippen LogP contribution is -2.55. The van der Waals surface area contributed by atoms with Crippen LogP contribution in [0.3, 0.4) is 0 Å². The van der Waals surface area contributed by atoms with Crippen molar-refractivity contribution in [3.05, 3.63) is 35.6 Å². The molecule has 1 N–H and O–H groups in total. The molecule has 0 aliphatic heterocycles. The first-order valence-corrected chi connectivity index (χ1v) is 8.45. The van der Waals surface area contributed by atoms with Gasteiger partial charge in [-0.25, -0.2) is 4.39 Å². The van der Waals surface area contributed by atoms with Gasteiger partial charge in [-0.2, -0.15) is 0 Å². The van der Waals surface area contributed by atoms with E-state index in [9.17, 15) is 4.39 Å². The van der Waals surface area contributed by atoms with E-state index in [0.717, 1.165) is 11.8 Å². The maximum absolute atomic E-state index is 13.3. The first-order chi connectivity index (χ1) is 10.0. The minimum atomic E-state index is -0.133. The van der Waals surface area contributed by atoms with Gasteiger partial charge in [0.1, 0.15) is 5.82 Å². The average molecular weight is 287 g/mol. The molecule has 1 aromatic rings. The van der Waals surface area contributed by atoms with Crippen molar-refractivity contribution < 1.29 is 4.39 Å². The predicted molar refractivity (Wildman–Crippen MR) is 83.4 cm³/mol. The lowest BCUT2D eigenvalue weighted by Gasteiger charge is -2.63. The van der Waals surface area contributed by atoms with Crippen LogP contribution in [0.1, 0.15) is 57.1 Å². The molecule has 0 amide bonds. The van der Waals surface area contributed by atoms with E-state index in [1.807, 2.05) is 12.1 Å². The van der Waals surface area contributed by atoms with Crippen LogP contribution >= 0.6 is 0 Å². The lowest BCUT2D eigenvalue weighted by atomic mass is 9.43. The first kappa shape index (κ1) is 13.8. The van der Waals surface area contributed by atoms with Gasteiger partial charge in [-0.1, -0.05) is 19.1 Å². The van der Waals surface area contributed by atoms with Crippen molar-refractivity contribution in [1.29, 1.82) is 0 Å². The van der Waals surface area contributed by atoms with E-state index in [1.54, 1.807) is 12.1 Å². The van der Waals surface area contributed by atoms with Crippen molar-refractivity contribution in [1.82, 2.24) is 5.32 Å². The second-order valence-electron chi connectivity index (χ2n) is 8.41. The molecule has 0 aromatic heterocycles. The molecule has 0 spiro atoms. The summed E-state index contributed by atoms with van der Waals surface area (Å²) in [6.45, 7) is 2.51. The van der Waals surface area contributed by atoms with Gasteiger partial charge in [0, 0.05) is 6.04 Å². The lowest BCUT2D eigenvalue weighted by molar-refractivity contribution is -0.118. The molecule has 5 rings (SSSR count). The molecule has 0 radical (unpaired) electrons. The number of rotatable bonds is 3. The molecule has 4 bridgehead atoms. The molecule has 1 aromatic carbocycles. The van der Waals surface area contributed by atoms with Crippen LogP contribution in [0.15, 0.2) is 24.3 Å². The summed E-state index contributed by atoms with van der Waals surface area (Å²) in [4.78, 5) is 0. The Bertz CT molecular complexity index is 521. The summed E-state index contributed by atoms with van der Waals surface area (Å²) in [5.41, 5.74) is 2.22. The maximum Gasteiger partial charge on any atom is 0.123 e. The molecule has 4 fully saturated rings. The van der Waals surface area contributed by atoms with E-state index < -0.39 is 0 Å². The topological polar surface area (TPSA) is 12.0 Å². The normalized spacial score (nSPS) is 42.2. The van der Waals surface area contributed by atoms with Gasteiger partial charge in [0.15, 0.2) is 0 Å². The molecule has 0 saturated heterocycles. The van der Waals surface area contributed by atoms with Crippen LogP contribution in [0.2, 0.25) is 0 Å². The molecule has 4 aliphatic rings. The van der Waals surface area contributed by atoms with Crippen LogP contribution in [-0.4, -0.2) is 7.05 Å². The Balaban J connectivity index is 1.71. The van der Waals surface area contributed by atoms with Gasteiger partial charge in [-0.05, 0) is 85.9 Å². The monoisotopic (exact) mass is 287 g/mol. The second kappa shape index (κ2) is 4.55. The molecular weight excluding hydrogens is 261 g/mol. The highest BCUT2D eigenvalue weighted by molar-refractivity contribution is 5.25. The van der Waals surface area contributed by atoms with Gasteiger partial charge in [-0.15, -0.1) is 0 Å². The highest BCUT2D eigenvalue weighted by Gasteiger charge is 2.58. The van der Waals surface area contributed by atoms with Gasteiger partial charge >= 0.3 is 0 Å². The van der Waals surface area contributed by atoms with Crippen molar-refractivity contribution in [3.63, 3.8) is 0 Å². The summed E-state index contributed by atoms with van der Waals surface area (Å²) in [6, 6.07) is 7.57. The SMILES string of the molecule is CNC(c1ccc(F)cc1)C12CC3CC(CC(C)(C3)C1)C2. The smallest absolute Gasteiger partial charge is 0.123 e. The van der Waals surface area contributed by atoms with Gasteiger partial charge in [-0.3, -0.25) is 0 Å². The summed E-state index contributed by atoms with van der Waals surface area (Å²) in [5, 5.41) is 3.59. The molecular formula is C19H26FN. The van der Waals surface area contributed by atoms with Gasteiger partial charge in [0.25, 0.3) is 0 Å². The third-order valence-corrected chi connectivity index (χ3v) is 6.50. The van der Waals surface area contributed by atoms with Gasteiger partial charge < -0.3 is 5.32 Å². The van der Waals surface area contributed by atoms with Crippen molar-refractivity contribution in [2.75, 3.05) is 7.05 Å². The number of benzene rings is 1. The van der Waals surface area contributed by atoms with Crippen molar-refractivity contribution in [3.8, 4) is 0 Å². The molecule has 0 heterocycles. The Morgan fingerprint density at radius 1 is 1.10 bits per heavy atom. The van der Waals surface area contributed by atoms with Gasteiger partial charge in [0.2, 0.25) is 0 Å². The molecule has 4 saturated carbocycles. The number of nitrogens with one attached hydrogen (secondary N) is 1. The highest BCUT2D eigenvalue weighted by Crippen LogP contribution is 2.68. The Hall–Kier alpha value is -0.890. The molecule has 1 nitrogen and oxygen atoms in total. The number of hydrogen-bond donors (Lipinski definition) is 1. The summed E-state index contributed by atoms with van der Waals surface area (Å²) in [7, 11) is 2.08. The minimum Gasteiger partial charge on any atom is -0.313 e. The fourth-order valence-corrected chi connectivity index (χ4v) is 6.62. The quantitative estimate of drug-likeness (QED) is 0.850. The summed E-state index contributed by atoms with van der Waals surface area (Å²) in [5.74, 6) is 1.71. The number of hydrogen-bond acceptors (Lipinski definition) is 1. The van der Waals surface area contributed by atoms with Crippen molar-refractivity contribution >= 4 is 0 Å². The van der Waals surface area contributed by atoms with Crippen molar-refractivity contribution in [2.45, 2.75) is 51.5 Å². The molecule has 21 heavy (non-hydrogen) atoms. The van der Waals surface area contributed by atoms with E-state index in [0.29, 0.717) is 16.9 Å². The zero-order chi connectivity index (χ0) is 14.7. The molecule has 3 unspecified atom stereocenters. The largest absolute Gasteiger partial charge is 0.313 e. The van der Waals surface area contributed by atoms with E-state index >= 15 is 0 Å². The Morgan fingerprint density at radius 3 is 2.24 bits per heavy atom. The fourth-order valence-electron chi connectivity index (χ4n) is 6.62. The summed E-state index contributed by atoms with van der Waals surface area (Å²) in [6.07, 6.45) is 8.40.